The van der Waals surface area contributed by atoms with Gasteiger partial charge in [-0.1, -0.05) is 17.7 Å². The summed E-state index contributed by atoms with van der Waals surface area (Å²) in [5.41, 5.74) is 7.52. The predicted octanol–water partition coefficient (Wildman–Crippen LogP) is 3.68. The highest BCUT2D eigenvalue weighted by Gasteiger charge is 2.07. The van der Waals surface area contributed by atoms with E-state index in [4.69, 9.17) is 22.1 Å². The van der Waals surface area contributed by atoms with Crippen molar-refractivity contribution in [2.45, 2.75) is 6.54 Å². The van der Waals surface area contributed by atoms with Crippen LogP contribution in [0.3, 0.4) is 0 Å². The van der Waals surface area contributed by atoms with Gasteiger partial charge < -0.3 is 15.8 Å². The first kappa shape index (κ1) is 13.5. The minimum Gasteiger partial charge on any atom is -0.495 e. The molecule has 0 aliphatic carbocycles. The van der Waals surface area contributed by atoms with Gasteiger partial charge in [0.05, 0.1) is 12.8 Å². The molecule has 0 radical (unpaired) electrons. The van der Waals surface area contributed by atoms with E-state index in [-0.39, 0.29) is 12.4 Å². The van der Waals surface area contributed by atoms with E-state index in [0.717, 1.165) is 5.69 Å². The SMILES string of the molecule is COc1ccc(NCc2c(F)cccc2Cl)cc1N. The minimum absolute atomic E-state index is 0.289. The lowest BCUT2D eigenvalue weighted by Crippen LogP contribution is -2.03. The molecule has 2 aromatic carbocycles. The van der Waals surface area contributed by atoms with E-state index in [9.17, 15) is 4.39 Å². The Bertz CT molecular complexity index is 569. The third kappa shape index (κ3) is 3.09. The largest absolute Gasteiger partial charge is 0.495 e. The van der Waals surface area contributed by atoms with Crippen molar-refractivity contribution in [1.82, 2.24) is 0 Å². The second-order valence-electron chi connectivity index (χ2n) is 4.01. The number of anilines is 2. The number of hydrogen-bond acceptors (Lipinski definition) is 3. The smallest absolute Gasteiger partial charge is 0.141 e. The van der Waals surface area contributed by atoms with Crippen molar-refractivity contribution in [2.75, 3.05) is 18.2 Å². The molecule has 0 saturated carbocycles. The Morgan fingerprint density at radius 3 is 2.74 bits per heavy atom. The van der Waals surface area contributed by atoms with Crippen LogP contribution in [-0.2, 0) is 6.54 Å². The van der Waals surface area contributed by atoms with Crippen molar-refractivity contribution in [2.24, 2.45) is 0 Å². The summed E-state index contributed by atoms with van der Waals surface area (Å²) in [5, 5.41) is 3.47. The Morgan fingerprint density at radius 1 is 1.32 bits per heavy atom. The van der Waals surface area contributed by atoms with Crippen molar-refractivity contribution in [1.29, 1.82) is 0 Å². The number of methoxy groups -OCH3 is 1. The van der Waals surface area contributed by atoms with Crippen LogP contribution in [0.4, 0.5) is 15.8 Å². The number of ether oxygens (including phenoxy) is 1. The molecule has 0 amide bonds. The van der Waals surface area contributed by atoms with E-state index in [0.29, 0.717) is 22.0 Å². The van der Waals surface area contributed by atoms with Crippen molar-refractivity contribution >= 4 is 23.0 Å². The normalized spacial score (nSPS) is 10.3. The van der Waals surface area contributed by atoms with E-state index in [1.54, 1.807) is 31.4 Å². The summed E-state index contributed by atoms with van der Waals surface area (Å²) in [6, 6.07) is 9.90. The van der Waals surface area contributed by atoms with Crippen molar-refractivity contribution in [3.05, 3.63) is 52.8 Å². The Balaban J connectivity index is 2.13. The van der Waals surface area contributed by atoms with Gasteiger partial charge >= 0.3 is 0 Å². The lowest BCUT2D eigenvalue weighted by molar-refractivity contribution is 0.417. The molecule has 0 atom stereocenters. The summed E-state index contributed by atoms with van der Waals surface area (Å²) in [7, 11) is 1.55. The van der Waals surface area contributed by atoms with Gasteiger partial charge in [0.2, 0.25) is 0 Å². The topological polar surface area (TPSA) is 47.3 Å². The zero-order chi connectivity index (χ0) is 13.8. The van der Waals surface area contributed by atoms with Crippen LogP contribution in [-0.4, -0.2) is 7.11 Å². The quantitative estimate of drug-likeness (QED) is 0.840. The minimum atomic E-state index is -0.332. The summed E-state index contributed by atoms with van der Waals surface area (Å²) < 4.78 is 18.6. The van der Waals surface area contributed by atoms with Gasteiger partial charge in [-0.15, -0.1) is 0 Å². The Hall–Kier alpha value is -1.94. The Labute approximate surface area is 116 Å². The molecule has 19 heavy (non-hydrogen) atoms. The van der Waals surface area contributed by atoms with Crippen LogP contribution in [0.2, 0.25) is 5.02 Å². The lowest BCUT2D eigenvalue weighted by atomic mass is 10.2. The fraction of sp³-hybridized carbons (Fsp3) is 0.143. The first-order valence-electron chi connectivity index (χ1n) is 5.72. The molecule has 3 nitrogen and oxygen atoms in total. The molecule has 0 saturated heterocycles. The van der Waals surface area contributed by atoms with Crippen LogP contribution in [0, 0.1) is 5.82 Å². The standard InChI is InChI=1S/C14H14ClFN2O/c1-19-14-6-5-9(7-13(14)17)18-8-10-11(15)3-2-4-12(10)16/h2-7,18H,8,17H2,1H3. The van der Waals surface area contributed by atoms with E-state index in [1.165, 1.54) is 6.07 Å². The van der Waals surface area contributed by atoms with Gasteiger partial charge in [0.1, 0.15) is 11.6 Å². The molecular weight excluding hydrogens is 267 g/mol. The van der Waals surface area contributed by atoms with E-state index >= 15 is 0 Å². The molecule has 0 aliphatic rings. The van der Waals surface area contributed by atoms with E-state index in [2.05, 4.69) is 5.32 Å². The van der Waals surface area contributed by atoms with Crippen molar-refractivity contribution in [3.8, 4) is 5.75 Å². The molecule has 0 fully saturated rings. The van der Waals surface area contributed by atoms with E-state index in [1.807, 2.05) is 6.07 Å². The molecule has 5 heteroatoms. The zero-order valence-electron chi connectivity index (χ0n) is 10.4. The van der Waals surface area contributed by atoms with Crippen LogP contribution < -0.4 is 15.8 Å². The highest BCUT2D eigenvalue weighted by Crippen LogP contribution is 2.26. The molecule has 0 bridgehead atoms. The van der Waals surface area contributed by atoms with Crippen LogP contribution in [0.25, 0.3) is 0 Å². The predicted molar refractivity (Wildman–Crippen MR) is 76.1 cm³/mol. The number of rotatable bonds is 4. The average Bonchev–Trinajstić information content (AvgIpc) is 2.38. The maximum absolute atomic E-state index is 13.6. The van der Waals surface area contributed by atoms with Gasteiger partial charge in [-0.3, -0.25) is 0 Å². The van der Waals surface area contributed by atoms with Crippen LogP contribution in [0.5, 0.6) is 5.75 Å². The summed E-state index contributed by atoms with van der Waals surface area (Å²) in [5.74, 6) is 0.274. The van der Waals surface area contributed by atoms with Crippen molar-refractivity contribution in [3.63, 3.8) is 0 Å². The monoisotopic (exact) mass is 280 g/mol. The molecule has 0 heterocycles. The second kappa shape index (κ2) is 5.80. The first-order valence-corrected chi connectivity index (χ1v) is 6.10. The van der Waals surface area contributed by atoms with Gasteiger partial charge in [-0.2, -0.15) is 0 Å². The molecule has 3 N–H and O–H groups in total. The molecule has 2 aromatic rings. The first-order chi connectivity index (χ1) is 9.11. The molecule has 2 rings (SSSR count). The summed E-state index contributed by atoms with van der Waals surface area (Å²) in [4.78, 5) is 0. The fourth-order valence-corrected chi connectivity index (χ4v) is 1.97. The van der Waals surface area contributed by atoms with Gasteiger partial charge in [-0.05, 0) is 30.3 Å². The number of nitrogens with one attached hydrogen (secondary N) is 1. The van der Waals surface area contributed by atoms with Crippen molar-refractivity contribution < 1.29 is 9.13 Å². The highest BCUT2D eigenvalue weighted by molar-refractivity contribution is 6.31. The van der Waals surface area contributed by atoms with Gasteiger partial charge in [0, 0.05) is 22.8 Å². The molecule has 0 unspecified atom stereocenters. The number of hydrogen-bond donors (Lipinski definition) is 2. The average molecular weight is 281 g/mol. The molecule has 0 aromatic heterocycles. The number of nitrogens with two attached hydrogens (primary N) is 1. The van der Waals surface area contributed by atoms with Gasteiger partial charge in [-0.25, -0.2) is 4.39 Å². The third-order valence-electron chi connectivity index (χ3n) is 2.76. The molecule has 0 aliphatic heterocycles. The van der Waals surface area contributed by atoms with Gasteiger partial charge in [0.25, 0.3) is 0 Å². The van der Waals surface area contributed by atoms with Crippen LogP contribution in [0.1, 0.15) is 5.56 Å². The maximum atomic E-state index is 13.6. The summed E-state index contributed by atoms with van der Waals surface area (Å²) in [6.45, 7) is 0.289. The number of benzene rings is 2. The molecule has 0 spiro atoms. The third-order valence-corrected chi connectivity index (χ3v) is 3.11. The molecule has 100 valence electrons. The fourth-order valence-electron chi connectivity index (χ4n) is 1.74. The Kier molecular flexibility index (Phi) is 4.12. The zero-order valence-corrected chi connectivity index (χ0v) is 11.2. The summed E-state index contributed by atoms with van der Waals surface area (Å²) >= 11 is 5.95. The van der Waals surface area contributed by atoms with Crippen LogP contribution >= 0.6 is 11.6 Å². The second-order valence-corrected chi connectivity index (χ2v) is 4.42. The number of nitrogen functional groups attached to an aromatic ring is 1. The number of halogens is 2. The van der Waals surface area contributed by atoms with E-state index < -0.39 is 0 Å². The Morgan fingerprint density at radius 2 is 2.11 bits per heavy atom. The lowest BCUT2D eigenvalue weighted by Gasteiger charge is -2.11. The molecular formula is C14H14ClFN2O. The highest BCUT2D eigenvalue weighted by atomic mass is 35.5. The summed E-state index contributed by atoms with van der Waals surface area (Å²) in [6.07, 6.45) is 0. The van der Waals surface area contributed by atoms with Crippen LogP contribution in [0.15, 0.2) is 36.4 Å². The maximum Gasteiger partial charge on any atom is 0.141 e. The van der Waals surface area contributed by atoms with Gasteiger partial charge in [0.15, 0.2) is 0 Å².